The molecule has 0 unspecified atom stereocenters. The molecule has 0 spiro atoms. The minimum atomic E-state index is -0.463. The second-order valence-corrected chi connectivity index (χ2v) is 4.18. The summed E-state index contributed by atoms with van der Waals surface area (Å²) in [6, 6.07) is 0. The highest BCUT2D eigenvalue weighted by Gasteiger charge is 2.31. The van der Waals surface area contributed by atoms with E-state index in [-0.39, 0.29) is 12.1 Å². The Morgan fingerprint density at radius 3 is 2.88 bits per heavy atom. The van der Waals surface area contributed by atoms with Crippen molar-refractivity contribution in [3.05, 3.63) is 12.2 Å². The fourth-order valence-corrected chi connectivity index (χ4v) is 1.56. The van der Waals surface area contributed by atoms with Crippen molar-refractivity contribution in [3.63, 3.8) is 0 Å². The van der Waals surface area contributed by atoms with E-state index in [4.69, 9.17) is 14.2 Å². The lowest BCUT2D eigenvalue weighted by atomic mass is 10.2. The Morgan fingerprint density at radius 1 is 1.56 bits per heavy atom. The van der Waals surface area contributed by atoms with Crippen LogP contribution >= 0.6 is 0 Å². The molecule has 0 amide bonds. The molecule has 0 N–H and O–H groups in total. The first-order valence-corrected chi connectivity index (χ1v) is 5.68. The van der Waals surface area contributed by atoms with E-state index >= 15 is 0 Å². The Bertz CT molecular complexity index is 258. The van der Waals surface area contributed by atoms with E-state index in [0.29, 0.717) is 13.2 Å². The Kier molecular flexibility index (Phi) is 4.96. The molecule has 0 aromatic heterocycles. The summed E-state index contributed by atoms with van der Waals surface area (Å²) in [4.78, 5) is 11.0. The monoisotopic (exact) mass is 228 g/mol. The van der Waals surface area contributed by atoms with Crippen LogP contribution in [-0.2, 0) is 19.0 Å². The zero-order valence-corrected chi connectivity index (χ0v) is 10.2. The zero-order chi connectivity index (χ0) is 12.0. The van der Waals surface area contributed by atoms with Crippen molar-refractivity contribution in [1.82, 2.24) is 0 Å². The molecule has 0 aromatic carbocycles. The predicted molar refractivity (Wildman–Crippen MR) is 59.9 cm³/mol. The van der Waals surface area contributed by atoms with Gasteiger partial charge >= 0.3 is 5.97 Å². The molecule has 1 saturated heterocycles. The van der Waals surface area contributed by atoms with Crippen molar-refractivity contribution in [2.75, 3.05) is 13.2 Å². The summed E-state index contributed by atoms with van der Waals surface area (Å²) >= 11 is 0. The van der Waals surface area contributed by atoms with E-state index < -0.39 is 5.79 Å². The number of allylic oxidation sites excluding steroid dienone is 1. The van der Waals surface area contributed by atoms with Gasteiger partial charge in [0.1, 0.15) is 0 Å². The standard InChI is InChI=1S/C12H20O4/c1-4-14-11(13)8-6-5-7-10-9-15-12(2,3)16-10/h6,8,10H,4-5,7,9H2,1-3H3/b8-6+/t10-/m1/s1. The topological polar surface area (TPSA) is 44.8 Å². The summed E-state index contributed by atoms with van der Waals surface area (Å²) in [5.41, 5.74) is 0. The summed E-state index contributed by atoms with van der Waals surface area (Å²) in [5, 5.41) is 0. The maximum Gasteiger partial charge on any atom is 0.330 e. The molecule has 1 aliphatic heterocycles. The van der Waals surface area contributed by atoms with E-state index in [1.165, 1.54) is 6.08 Å². The van der Waals surface area contributed by atoms with Crippen LogP contribution in [0.1, 0.15) is 33.6 Å². The first-order chi connectivity index (χ1) is 7.53. The van der Waals surface area contributed by atoms with Crippen LogP contribution in [0, 0.1) is 0 Å². The number of hydrogen-bond acceptors (Lipinski definition) is 4. The average Bonchev–Trinajstić information content (AvgIpc) is 2.54. The van der Waals surface area contributed by atoms with Gasteiger partial charge in [0.25, 0.3) is 0 Å². The quantitative estimate of drug-likeness (QED) is 0.533. The number of hydrogen-bond donors (Lipinski definition) is 0. The van der Waals surface area contributed by atoms with Gasteiger partial charge in [-0.25, -0.2) is 4.79 Å². The van der Waals surface area contributed by atoms with Crippen molar-refractivity contribution in [1.29, 1.82) is 0 Å². The SMILES string of the molecule is CCOC(=O)/C=C/CC[C@@H]1COC(C)(C)O1. The van der Waals surface area contributed by atoms with Gasteiger partial charge < -0.3 is 14.2 Å². The van der Waals surface area contributed by atoms with Crippen molar-refractivity contribution in [2.24, 2.45) is 0 Å². The predicted octanol–water partition coefficient (Wildman–Crippen LogP) is 2.04. The lowest BCUT2D eigenvalue weighted by Crippen LogP contribution is -2.21. The Morgan fingerprint density at radius 2 is 2.31 bits per heavy atom. The van der Waals surface area contributed by atoms with E-state index in [9.17, 15) is 4.79 Å². The molecule has 0 aliphatic carbocycles. The third-order valence-corrected chi connectivity index (χ3v) is 2.26. The van der Waals surface area contributed by atoms with Crippen molar-refractivity contribution in [3.8, 4) is 0 Å². The molecular formula is C12H20O4. The van der Waals surface area contributed by atoms with E-state index in [2.05, 4.69) is 0 Å². The van der Waals surface area contributed by atoms with Gasteiger partial charge in [0.05, 0.1) is 19.3 Å². The molecule has 1 rings (SSSR count). The van der Waals surface area contributed by atoms with Crippen LogP contribution in [0.25, 0.3) is 0 Å². The van der Waals surface area contributed by atoms with Gasteiger partial charge in [0.15, 0.2) is 5.79 Å². The van der Waals surface area contributed by atoms with Crippen LogP contribution < -0.4 is 0 Å². The molecule has 0 radical (unpaired) electrons. The highest BCUT2D eigenvalue weighted by atomic mass is 16.7. The normalized spacial score (nSPS) is 23.8. The molecule has 0 saturated carbocycles. The van der Waals surface area contributed by atoms with Crippen LogP contribution in [0.15, 0.2) is 12.2 Å². The number of carbonyl (C=O) groups excluding carboxylic acids is 1. The lowest BCUT2D eigenvalue weighted by molar-refractivity contribution is -0.139. The number of esters is 1. The molecule has 4 heteroatoms. The summed E-state index contributed by atoms with van der Waals surface area (Å²) in [6.07, 6.45) is 5.06. The first kappa shape index (κ1) is 13.2. The number of carbonyl (C=O) groups is 1. The fraction of sp³-hybridized carbons (Fsp3) is 0.750. The van der Waals surface area contributed by atoms with Gasteiger partial charge in [0.2, 0.25) is 0 Å². The summed E-state index contributed by atoms with van der Waals surface area (Å²) < 4.78 is 15.8. The molecule has 1 atom stereocenters. The van der Waals surface area contributed by atoms with Crippen molar-refractivity contribution < 1.29 is 19.0 Å². The molecule has 92 valence electrons. The summed E-state index contributed by atoms with van der Waals surface area (Å²) in [7, 11) is 0. The van der Waals surface area contributed by atoms with Gasteiger partial charge in [0, 0.05) is 6.08 Å². The Balaban J connectivity index is 2.14. The summed E-state index contributed by atoms with van der Waals surface area (Å²) in [5.74, 6) is -0.748. The number of rotatable bonds is 5. The second-order valence-electron chi connectivity index (χ2n) is 4.18. The molecule has 1 fully saturated rings. The maximum atomic E-state index is 11.0. The first-order valence-electron chi connectivity index (χ1n) is 5.68. The molecule has 4 nitrogen and oxygen atoms in total. The van der Waals surface area contributed by atoms with Gasteiger partial charge in [-0.2, -0.15) is 0 Å². The summed E-state index contributed by atoms with van der Waals surface area (Å²) in [6.45, 7) is 6.64. The second kappa shape index (κ2) is 6.01. The Labute approximate surface area is 96.6 Å². The number of ether oxygens (including phenoxy) is 3. The van der Waals surface area contributed by atoms with Gasteiger partial charge in [-0.15, -0.1) is 0 Å². The fourth-order valence-electron chi connectivity index (χ4n) is 1.56. The molecule has 1 aliphatic rings. The van der Waals surface area contributed by atoms with Crippen LogP contribution in [-0.4, -0.2) is 31.1 Å². The van der Waals surface area contributed by atoms with Crippen LogP contribution in [0.4, 0.5) is 0 Å². The van der Waals surface area contributed by atoms with E-state index in [0.717, 1.165) is 12.8 Å². The maximum absolute atomic E-state index is 11.0. The zero-order valence-electron chi connectivity index (χ0n) is 10.2. The van der Waals surface area contributed by atoms with Crippen LogP contribution in [0.2, 0.25) is 0 Å². The molecule has 1 heterocycles. The lowest BCUT2D eigenvalue weighted by Gasteiger charge is -2.16. The Hall–Kier alpha value is -0.870. The third-order valence-electron chi connectivity index (χ3n) is 2.26. The third kappa shape index (κ3) is 4.77. The van der Waals surface area contributed by atoms with Gasteiger partial charge in [-0.05, 0) is 33.6 Å². The van der Waals surface area contributed by atoms with Crippen LogP contribution in [0.5, 0.6) is 0 Å². The van der Waals surface area contributed by atoms with Gasteiger partial charge in [-0.3, -0.25) is 0 Å². The molecule has 0 bridgehead atoms. The van der Waals surface area contributed by atoms with Crippen molar-refractivity contribution >= 4 is 5.97 Å². The van der Waals surface area contributed by atoms with Crippen LogP contribution in [0.3, 0.4) is 0 Å². The van der Waals surface area contributed by atoms with Gasteiger partial charge in [-0.1, -0.05) is 6.08 Å². The van der Waals surface area contributed by atoms with E-state index in [1.54, 1.807) is 6.92 Å². The molecule has 0 aromatic rings. The minimum absolute atomic E-state index is 0.127. The minimum Gasteiger partial charge on any atom is -0.463 e. The highest BCUT2D eigenvalue weighted by molar-refractivity contribution is 5.81. The van der Waals surface area contributed by atoms with Crippen molar-refractivity contribution in [2.45, 2.75) is 45.5 Å². The highest BCUT2D eigenvalue weighted by Crippen LogP contribution is 2.24. The largest absolute Gasteiger partial charge is 0.463 e. The molecule has 16 heavy (non-hydrogen) atoms. The smallest absolute Gasteiger partial charge is 0.330 e. The van der Waals surface area contributed by atoms with E-state index in [1.807, 2.05) is 19.9 Å². The molecular weight excluding hydrogens is 208 g/mol. The average molecular weight is 228 g/mol.